The Balaban J connectivity index is 1.76. The SMILES string of the molecule is COC(=O)C[N+]1(C)CCc2c(c(OC)c3c(c2C(=O)/C=C/c2ccc(C)cc2)OCO3)C1. The van der Waals surface area contributed by atoms with Gasteiger partial charge in [0.15, 0.2) is 23.8 Å². The van der Waals surface area contributed by atoms with Crippen LogP contribution in [0.25, 0.3) is 6.08 Å². The van der Waals surface area contributed by atoms with Crippen molar-refractivity contribution in [2.24, 2.45) is 0 Å². The molecule has 0 amide bonds. The number of fused-ring (bicyclic) bond motifs is 2. The average Bonchev–Trinajstić information content (AvgIpc) is 3.25. The molecule has 2 aromatic carbocycles. The van der Waals surface area contributed by atoms with Crippen LogP contribution in [0.5, 0.6) is 17.2 Å². The highest BCUT2D eigenvalue weighted by atomic mass is 16.7. The minimum atomic E-state index is -0.270. The highest BCUT2D eigenvalue weighted by Gasteiger charge is 2.40. The fourth-order valence-electron chi connectivity index (χ4n) is 4.40. The van der Waals surface area contributed by atoms with E-state index in [4.69, 9.17) is 18.9 Å². The van der Waals surface area contributed by atoms with Gasteiger partial charge in [0.1, 0.15) is 6.54 Å². The van der Waals surface area contributed by atoms with Gasteiger partial charge in [-0.05, 0) is 24.1 Å². The van der Waals surface area contributed by atoms with Gasteiger partial charge in [0.25, 0.3) is 0 Å². The summed E-state index contributed by atoms with van der Waals surface area (Å²) < 4.78 is 22.5. The highest BCUT2D eigenvalue weighted by Crippen LogP contribution is 2.50. The van der Waals surface area contributed by atoms with Gasteiger partial charge in [-0.25, -0.2) is 4.79 Å². The maximum Gasteiger partial charge on any atom is 0.361 e. The number of carbonyl (C=O) groups is 2. The van der Waals surface area contributed by atoms with Crippen LogP contribution in [-0.4, -0.2) is 57.4 Å². The third-order valence-corrected chi connectivity index (χ3v) is 6.12. The van der Waals surface area contributed by atoms with Gasteiger partial charge in [-0.2, -0.15) is 0 Å². The highest BCUT2D eigenvalue weighted by molar-refractivity contribution is 6.11. The molecule has 0 aliphatic carbocycles. The van der Waals surface area contributed by atoms with Gasteiger partial charge in [0.05, 0.1) is 38.9 Å². The monoisotopic (exact) mass is 438 g/mol. The summed E-state index contributed by atoms with van der Waals surface area (Å²) in [6, 6.07) is 7.97. The molecular weight excluding hydrogens is 410 g/mol. The Morgan fingerprint density at radius 2 is 1.81 bits per heavy atom. The molecule has 4 rings (SSSR count). The Kier molecular flexibility index (Phi) is 5.93. The summed E-state index contributed by atoms with van der Waals surface area (Å²) in [5.74, 6) is 1.04. The quantitative estimate of drug-likeness (QED) is 0.298. The van der Waals surface area contributed by atoms with E-state index in [-0.39, 0.29) is 25.1 Å². The van der Waals surface area contributed by atoms with Crippen molar-refractivity contribution in [1.82, 2.24) is 0 Å². The van der Waals surface area contributed by atoms with Crippen LogP contribution in [0.15, 0.2) is 30.3 Å². The molecule has 32 heavy (non-hydrogen) atoms. The molecule has 0 radical (unpaired) electrons. The Hall–Kier alpha value is -3.32. The number of methoxy groups -OCH3 is 2. The van der Waals surface area contributed by atoms with Gasteiger partial charge in [0, 0.05) is 6.42 Å². The van der Waals surface area contributed by atoms with Crippen LogP contribution < -0.4 is 14.2 Å². The van der Waals surface area contributed by atoms with Crippen LogP contribution in [0.1, 0.15) is 32.6 Å². The zero-order valence-corrected chi connectivity index (χ0v) is 18.9. The fourth-order valence-corrected chi connectivity index (χ4v) is 4.40. The van der Waals surface area contributed by atoms with Gasteiger partial charge in [-0.15, -0.1) is 0 Å². The predicted octanol–water partition coefficient (Wildman–Crippen LogP) is 3.30. The molecule has 2 aromatic rings. The van der Waals surface area contributed by atoms with Crippen molar-refractivity contribution in [2.75, 3.05) is 41.1 Å². The average molecular weight is 439 g/mol. The van der Waals surface area contributed by atoms with Crippen LogP contribution in [0.2, 0.25) is 0 Å². The van der Waals surface area contributed by atoms with E-state index in [0.717, 1.165) is 22.3 Å². The van der Waals surface area contributed by atoms with Crippen molar-refractivity contribution < 1.29 is 33.0 Å². The summed E-state index contributed by atoms with van der Waals surface area (Å²) in [5, 5.41) is 0. The molecule has 0 fully saturated rings. The number of esters is 1. The molecule has 2 heterocycles. The van der Waals surface area contributed by atoms with Gasteiger partial charge >= 0.3 is 5.97 Å². The molecule has 168 valence electrons. The van der Waals surface area contributed by atoms with Gasteiger partial charge in [0.2, 0.25) is 12.5 Å². The largest absolute Gasteiger partial charge is 0.492 e. The van der Waals surface area contributed by atoms with Crippen molar-refractivity contribution >= 4 is 17.8 Å². The minimum Gasteiger partial charge on any atom is -0.492 e. The maximum atomic E-state index is 13.4. The topological polar surface area (TPSA) is 71.1 Å². The van der Waals surface area contributed by atoms with Crippen molar-refractivity contribution in [1.29, 1.82) is 0 Å². The summed E-state index contributed by atoms with van der Waals surface area (Å²) in [5.41, 5.74) is 4.39. The third kappa shape index (κ3) is 4.08. The smallest absolute Gasteiger partial charge is 0.361 e. The van der Waals surface area contributed by atoms with Gasteiger partial charge in [-0.1, -0.05) is 35.9 Å². The second-order valence-corrected chi connectivity index (χ2v) is 8.52. The minimum absolute atomic E-state index is 0.0326. The van der Waals surface area contributed by atoms with Gasteiger partial charge in [-0.3, -0.25) is 4.79 Å². The molecule has 2 aliphatic rings. The van der Waals surface area contributed by atoms with Crippen LogP contribution >= 0.6 is 0 Å². The summed E-state index contributed by atoms with van der Waals surface area (Å²) in [6.07, 6.45) is 3.99. The number of hydrogen-bond donors (Lipinski definition) is 0. The number of quaternary nitrogens is 1. The van der Waals surface area contributed by atoms with Crippen molar-refractivity contribution in [3.05, 3.63) is 58.2 Å². The number of rotatable bonds is 6. The predicted molar refractivity (Wildman–Crippen MR) is 119 cm³/mol. The molecule has 0 aromatic heterocycles. The maximum absolute atomic E-state index is 13.4. The third-order valence-electron chi connectivity index (χ3n) is 6.12. The molecule has 0 saturated carbocycles. The molecule has 2 aliphatic heterocycles. The lowest BCUT2D eigenvalue weighted by Gasteiger charge is -2.38. The Morgan fingerprint density at radius 3 is 2.50 bits per heavy atom. The molecule has 0 bridgehead atoms. The number of benzene rings is 2. The lowest BCUT2D eigenvalue weighted by molar-refractivity contribution is -0.917. The van der Waals surface area contributed by atoms with Crippen LogP contribution in [-0.2, 0) is 22.5 Å². The Morgan fingerprint density at radius 1 is 1.09 bits per heavy atom. The second kappa shape index (κ2) is 8.67. The Labute approximate surface area is 187 Å². The van der Waals surface area contributed by atoms with E-state index in [0.29, 0.717) is 46.8 Å². The summed E-state index contributed by atoms with van der Waals surface area (Å²) in [6.45, 7) is 3.50. The van der Waals surface area contributed by atoms with Crippen molar-refractivity contribution in [3.8, 4) is 17.2 Å². The second-order valence-electron chi connectivity index (χ2n) is 8.52. The first-order chi connectivity index (χ1) is 15.3. The first-order valence-corrected chi connectivity index (χ1v) is 10.6. The molecule has 0 spiro atoms. The van der Waals surface area contributed by atoms with Crippen LogP contribution in [0.4, 0.5) is 0 Å². The summed E-state index contributed by atoms with van der Waals surface area (Å²) >= 11 is 0. The van der Waals surface area contributed by atoms with E-state index in [1.165, 1.54) is 7.11 Å². The first kappa shape index (κ1) is 21.9. The van der Waals surface area contributed by atoms with Gasteiger partial charge < -0.3 is 23.4 Å². The van der Waals surface area contributed by atoms with E-state index >= 15 is 0 Å². The van der Waals surface area contributed by atoms with Crippen LogP contribution in [0, 0.1) is 6.92 Å². The number of nitrogens with zero attached hydrogens (tertiary/aromatic N) is 1. The van der Waals surface area contributed by atoms with E-state index in [1.54, 1.807) is 19.3 Å². The number of ether oxygens (including phenoxy) is 4. The molecular formula is C25H28NO6+. The number of allylic oxidation sites excluding steroid dienone is 1. The van der Waals surface area contributed by atoms with E-state index in [2.05, 4.69) is 0 Å². The number of carbonyl (C=O) groups excluding carboxylic acids is 2. The van der Waals surface area contributed by atoms with Crippen LogP contribution in [0.3, 0.4) is 0 Å². The summed E-state index contributed by atoms with van der Waals surface area (Å²) in [7, 11) is 4.97. The lowest BCUT2D eigenvalue weighted by atomic mass is 9.88. The van der Waals surface area contributed by atoms with Crippen molar-refractivity contribution in [3.63, 3.8) is 0 Å². The Bertz CT molecular complexity index is 1090. The normalized spacial score (nSPS) is 19.0. The molecule has 7 nitrogen and oxygen atoms in total. The lowest BCUT2D eigenvalue weighted by Crippen LogP contribution is -2.51. The van der Waals surface area contributed by atoms with E-state index in [9.17, 15) is 9.59 Å². The van der Waals surface area contributed by atoms with Crippen molar-refractivity contribution in [2.45, 2.75) is 19.9 Å². The summed E-state index contributed by atoms with van der Waals surface area (Å²) in [4.78, 5) is 25.3. The fraction of sp³-hybridized carbons (Fsp3) is 0.360. The molecule has 0 N–H and O–H groups in total. The molecule has 1 atom stereocenters. The van der Waals surface area contributed by atoms with E-state index in [1.807, 2.05) is 38.2 Å². The molecule has 0 saturated heterocycles. The number of aryl methyl sites for hydroxylation is 1. The number of likely N-dealkylation sites (N-methyl/N-ethyl adjacent to an activating group) is 1. The molecule has 7 heteroatoms. The zero-order chi connectivity index (χ0) is 22.9. The number of ketones is 1. The first-order valence-electron chi connectivity index (χ1n) is 10.6. The van der Waals surface area contributed by atoms with E-state index < -0.39 is 0 Å². The number of hydrogen-bond acceptors (Lipinski definition) is 6. The zero-order valence-electron chi connectivity index (χ0n) is 18.9. The molecule has 1 unspecified atom stereocenters. The standard InChI is InChI=1S/C25H28NO6/c1-16-5-7-17(8-6-16)9-10-20(27)22-18-11-12-26(2,14-21(28)29-3)13-19(18)23(30-4)25-24(22)31-15-32-25/h5-10H,11-15H2,1-4H3/q+1/b10-9+.